The third-order valence-electron chi connectivity index (χ3n) is 1.75. The summed E-state index contributed by atoms with van der Waals surface area (Å²) >= 11 is 0. The highest BCUT2D eigenvalue weighted by Gasteiger charge is 2.27. The highest BCUT2D eigenvalue weighted by Crippen LogP contribution is 2.17. The highest BCUT2D eigenvalue weighted by molar-refractivity contribution is 7.92. The Morgan fingerprint density at radius 1 is 1.33 bits per heavy atom. The summed E-state index contributed by atoms with van der Waals surface area (Å²) < 4.78 is 22.4. The fourth-order valence-electron chi connectivity index (χ4n) is 0.724. The van der Waals surface area contributed by atoms with Crippen molar-refractivity contribution in [3.8, 4) is 0 Å². The van der Waals surface area contributed by atoms with E-state index in [9.17, 15) is 8.42 Å². The third kappa shape index (κ3) is 3.39. The van der Waals surface area contributed by atoms with Gasteiger partial charge in [0.25, 0.3) is 0 Å². The van der Waals surface area contributed by atoms with Crippen LogP contribution >= 0.6 is 0 Å². The fourth-order valence-corrected chi connectivity index (χ4v) is 1.88. The maximum Gasteiger partial charge on any atom is 0.155 e. The zero-order chi connectivity index (χ0) is 9.83. The predicted molar refractivity (Wildman–Crippen MR) is 53.0 cm³/mol. The van der Waals surface area contributed by atoms with Crippen molar-refractivity contribution in [2.45, 2.75) is 38.4 Å². The Morgan fingerprint density at radius 2 is 1.83 bits per heavy atom. The van der Waals surface area contributed by atoms with E-state index in [1.165, 1.54) is 0 Å². The molecule has 0 unspecified atom stereocenters. The first-order chi connectivity index (χ1) is 5.31. The standard InChI is InChI=1S/C9H18O2S/c1-5-6-7-8-12(10,11)9(2,3)4/h5H,1,6-8H2,2-4H3. The van der Waals surface area contributed by atoms with Crippen LogP contribution in [0.25, 0.3) is 0 Å². The second-order valence-corrected chi connectivity index (χ2v) is 6.72. The summed E-state index contributed by atoms with van der Waals surface area (Å²) in [6.07, 6.45) is 3.20. The van der Waals surface area contributed by atoms with Gasteiger partial charge in [0, 0.05) is 0 Å². The van der Waals surface area contributed by atoms with Crippen molar-refractivity contribution in [1.29, 1.82) is 0 Å². The summed E-state index contributed by atoms with van der Waals surface area (Å²) in [5.74, 6) is 0.266. The Kier molecular flexibility index (Phi) is 3.97. The molecule has 0 saturated heterocycles. The smallest absolute Gasteiger partial charge is 0.155 e. The Balaban J connectivity index is 4.16. The number of hydrogen-bond donors (Lipinski definition) is 0. The van der Waals surface area contributed by atoms with Gasteiger partial charge in [0.2, 0.25) is 0 Å². The molecular formula is C9H18O2S. The van der Waals surface area contributed by atoms with Crippen molar-refractivity contribution in [2.24, 2.45) is 0 Å². The molecule has 0 bridgehead atoms. The quantitative estimate of drug-likeness (QED) is 0.503. The van der Waals surface area contributed by atoms with Crippen LogP contribution in [0, 0.1) is 0 Å². The van der Waals surface area contributed by atoms with Gasteiger partial charge in [-0.1, -0.05) is 6.08 Å². The van der Waals surface area contributed by atoms with Crippen LogP contribution in [-0.4, -0.2) is 18.9 Å². The van der Waals surface area contributed by atoms with E-state index >= 15 is 0 Å². The summed E-state index contributed by atoms with van der Waals surface area (Å²) in [7, 11) is -2.92. The Labute approximate surface area is 75.6 Å². The maximum atomic E-state index is 11.5. The van der Waals surface area contributed by atoms with Crippen LogP contribution in [0.2, 0.25) is 0 Å². The minimum atomic E-state index is -2.92. The summed E-state index contributed by atoms with van der Waals surface area (Å²) in [5, 5.41) is 0. The monoisotopic (exact) mass is 190 g/mol. The minimum Gasteiger partial charge on any atom is -0.228 e. The molecule has 0 amide bonds. The van der Waals surface area contributed by atoms with Crippen molar-refractivity contribution in [3.63, 3.8) is 0 Å². The SMILES string of the molecule is C=CCCCS(=O)(=O)C(C)(C)C. The minimum absolute atomic E-state index is 0.266. The van der Waals surface area contributed by atoms with Crippen LogP contribution in [-0.2, 0) is 9.84 Å². The summed E-state index contributed by atoms with van der Waals surface area (Å²) in [5.41, 5.74) is 0. The third-order valence-corrected chi connectivity index (χ3v) is 4.45. The Hall–Kier alpha value is -0.310. The average molecular weight is 190 g/mol. The van der Waals surface area contributed by atoms with E-state index in [0.717, 1.165) is 6.42 Å². The van der Waals surface area contributed by atoms with Crippen LogP contribution in [0.1, 0.15) is 33.6 Å². The molecule has 0 aliphatic rings. The van der Waals surface area contributed by atoms with Gasteiger partial charge in [-0.15, -0.1) is 6.58 Å². The number of rotatable bonds is 4. The molecule has 0 fully saturated rings. The van der Waals surface area contributed by atoms with Gasteiger partial charge in [-0.2, -0.15) is 0 Å². The second-order valence-electron chi connectivity index (χ2n) is 3.86. The molecule has 0 aliphatic heterocycles. The summed E-state index contributed by atoms with van der Waals surface area (Å²) in [6, 6.07) is 0. The Morgan fingerprint density at radius 3 is 2.17 bits per heavy atom. The van der Waals surface area contributed by atoms with Crippen molar-refractivity contribution < 1.29 is 8.42 Å². The molecular weight excluding hydrogens is 172 g/mol. The highest BCUT2D eigenvalue weighted by atomic mass is 32.2. The lowest BCUT2D eigenvalue weighted by molar-refractivity contribution is 0.558. The lowest BCUT2D eigenvalue weighted by atomic mass is 10.3. The van der Waals surface area contributed by atoms with Crippen molar-refractivity contribution in [3.05, 3.63) is 12.7 Å². The van der Waals surface area contributed by atoms with Gasteiger partial charge in [0.1, 0.15) is 0 Å². The summed E-state index contributed by atoms with van der Waals surface area (Å²) in [4.78, 5) is 0. The van der Waals surface area contributed by atoms with Crippen LogP contribution in [0.3, 0.4) is 0 Å². The van der Waals surface area contributed by atoms with Gasteiger partial charge in [0.05, 0.1) is 10.5 Å². The molecule has 2 nitrogen and oxygen atoms in total. The van der Waals surface area contributed by atoms with Crippen LogP contribution < -0.4 is 0 Å². The normalized spacial score (nSPS) is 12.9. The average Bonchev–Trinajstić information content (AvgIpc) is 1.85. The van der Waals surface area contributed by atoms with Gasteiger partial charge in [-0.25, -0.2) is 8.42 Å². The molecule has 0 radical (unpaired) electrons. The lowest BCUT2D eigenvalue weighted by Gasteiger charge is -2.18. The molecule has 0 N–H and O–H groups in total. The largest absolute Gasteiger partial charge is 0.228 e. The molecule has 0 aromatic carbocycles. The van der Waals surface area contributed by atoms with E-state index in [1.54, 1.807) is 26.8 Å². The first-order valence-corrected chi connectivity index (χ1v) is 5.79. The molecule has 72 valence electrons. The first-order valence-electron chi connectivity index (χ1n) is 4.14. The Bertz CT molecular complexity index is 232. The van der Waals surface area contributed by atoms with E-state index in [2.05, 4.69) is 6.58 Å². The molecule has 0 spiro atoms. The zero-order valence-electron chi connectivity index (χ0n) is 8.13. The van der Waals surface area contributed by atoms with E-state index in [0.29, 0.717) is 6.42 Å². The van der Waals surface area contributed by atoms with Gasteiger partial charge in [-0.05, 0) is 33.6 Å². The summed E-state index contributed by atoms with van der Waals surface area (Å²) in [6.45, 7) is 8.74. The van der Waals surface area contributed by atoms with Gasteiger partial charge in [0.15, 0.2) is 9.84 Å². The molecule has 0 aliphatic carbocycles. The first kappa shape index (κ1) is 11.7. The van der Waals surface area contributed by atoms with E-state index < -0.39 is 14.6 Å². The van der Waals surface area contributed by atoms with E-state index in [1.807, 2.05) is 0 Å². The van der Waals surface area contributed by atoms with Crippen molar-refractivity contribution in [1.82, 2.24) is 0 Å². The fraction of sp³-hybridized carbons (Fsp3) is 0.778. The second kappa shape index (κ2) is 4.08. The molecule has 12 heavy (non-hydrogen) atoms. The molecule has 0 heterocycles. The van der Waals surface area contributed by atoms with Gasteiger partial charge in [-0.3, -0.25) is 0 Å². The lowest BCUT2D eigenvalue weighted by Crippen LogP contribution is -2.30. The molecule has 0 aromatic heterocycles. The number of allylic oxidation sites excluding steroid dienone is 1. The van der Waals surface area contributed by atoms with E-state index in [4.69, 9.17) is 0 Å². The maximum absolute atomic E-state index is 11.5. The van der Waals surface area contributed by atoms with Crippen LogP contribution in [0.15, 0.2) is 12.7 Å². The molecule has 0 saturated carbocycles. The van der Waals surface area contributed by atoms with Gasteiger partial charge >= 0.3 is 0 Å². The topological polar surface area (TPSA) is 34.1 Å². The molecule has 3 heteroatoms. The van der Waals surface area contributed by atoms with Crippen molar-refractivity contribution >= 4 is 9.84 Å². The molecule has 0 atom stereocenters. The van der Waals surface area contributed by atoms with Gasteiger partial charge < -0.3 is 0 Å². The number of unbranched alkanes of at least 4 members (excludes halogenated alkanes) is 1. The van der Waals surface area contributed by atoms with Crippen molar-refractivity contribution in [2.75, 3.05) is 5.75 Å². The van der Waals surface area contributed by atoms with E-state index in [-0.39, 0.29) is 5.75 Å². The van der Waals surface area contributed by atoms with Crippen LogP contribution in [0.5, 0.6) is 0 Å². The molecule has 0 rings (SSSR count). The zero-order valence-corrected chi connectivity index (χ0v) is 8.95. The number of hydrogen-bond acceptors (Lipinski definition) is 2. The predicted octanol–water partition coefficient (Wildman–Crippen LogP) is 2.17. The van der Waals surface area contributed by atoms with Crippen LogP contribution in [0.4, 0.5) is 0 Å². The number of sulfone groups is 1. The molecule has 0 aromatic rings.